The van der Waals surface area contributed by atoms with Gasteiger partial charge in [-0.05, 0) is 19.1 Å². The second kappa shape index (κ2) is 5.76. The topological polar surface area (TPSA) is 92.4 Å². The molecule has 108 valence electrons. The Morgan fingerprint density at radius 2 is 2.24 bits per heavy atom. The van der Waals surface area contributed by atoms with Crippen LogP contribution >= 0.6 is 11.3 Å². The Kier molecular flexibility index (Phi) is 4.05. The van der Waals surface area contributed by atoms with Crippen LogP contribution in [-0.2, 0) is 4.94 Å². The summed E-state index contributed by atoms with van der Waals surface area (Å²) in [7, 11) is 1.35. The highest BCUT2D eigenvalue weighted by molar-refractivity contribution is 7.17. The molecule has 0 aliphatic carbocycles. The molecular weight excluding hydrogens is 299 g/mol. The molecule has 0 atom stereocenters. The fourth-order valence-corrected chi connectivity index (χ4v) is 2.64. The van der Waals surface area contributed by atoms with Gasteiger partial charge in [0, 0.05) is 10.1 Å². The molecule has 2 aromatic rings. The summed E-state index contributed by atoms with van der Waals surface area (Å²) < 4.78 is 17.0. The molecule has 21 heavy (non-hydrogen) atoms. The van der Waals surface area contributed by atoms with E-state index in [1.807, 2.05) is 6.07 Å². The maximum Gasteiger partial charge on any atom is 0.391 e. The molecule has 0 spiro atoms. The smallest absolute Gasteiger partial charge is 0.391 e. The Labute approximate surface area is 122 Å². The van der Waals surface area contributed by atoms with Crippen molar-refractivity contribution in [2.45, 2.75) is 6.92 Å². The van der Waals surface area contributed by atoms with Crippen molar-refractivity contribution < 1.29 is 24.1 Å². The number of halogens is 1. The van der Waals surface area contributed by atoms with Gasteiger partial charge in [0.05, 0.1) is 18.4 Å². The van der Waals surface area contributed by atoms with E-state index < -0.39 is 5.97 Å². The zero-order valence-electron chi connectivity index (χ0n) is 11.0. The van der Waals surface area contributed by atoms with Crippen molar-refractivity contribution >= 4 is 17.3 Å². The normalized spacial score (nSPS) is 10.0. The summed E-state index contributed by atoms with van der Waals surface area (Å²) in [5.41, 5.74) is 0.780. The van der Waals surface area contributed by atoms with Gasteiger partial charge < -0.3 is 9.84 Å². The Balaban J connectivity index is 2.58. The fraction of sp³-hybridized carbons (Fsp3) is 0.154. The van der Waals surface area contributed by atoms with Crippen LogP contribution in [0.2, 0.25) is 0 Å². The number of nitrogens with zero attached hydrogens (tertiary/aromatic N) is 2. The van der Waals surface area contributed by atoms with Crippen molar-refractivity contribution in [3.05, 3.63) is 28.3 Å². The first-order valence-electron chi connectivity index (χ1n) is 5.63. The van der Waals surface area contributed by atoms with E-state index in [0.717, 1.165) is 11.3 Å². The highest BCUT2D eigenvalue weighted by Gasteiger charge is 2.20. The number of aromatic hydroxyl groups is 1. The molecule has 0 amide bonds. The van der Waals surface area contributed by atoms with E-state index >= 15 is 0 Å². The minimum absolute atomic E-state index is 0.00632. The summed E-state index contributed by atoms with van der Waals surface area (Å²) in [6, 6.07) is 4.71. The van der Waals surface area contributed by atoms with Crippen LogP contribution in [0, 0.1) is 18.3 Å². The maximum absolute atomic E-state index is 12.0. The predicted octanol–water partition coefficient (Wildman–Crippen LogP) is 2.75. The molecule has 0 bridgehead atoms. The quantitative estimate of drug-likeness (QED) is 0.937. The van der Waals surface area contributed by atoms with Crippen LogP contribution in [0.1, 0.15) is 20.9 Å². The number of aromatic nitrogens is 1. The molecule has 0 radical (unpaired) electrons. The molecule has 0 fully saturated rings. The Morgan fingerprint density at radius 3 is 2.81 bits per heavy atom. The van der Waals surface area contributed by atoms with Crippen LogP contribution in [0.3, 0.4) is 0 Å². The zero-order chi connectivity index (χ0) is 15.6. The van der Waals surface area contributed by atoms with Crippen molar-refractivity contribution in [2.75, 3.05) is 7.11 Å². The molecular formula is C13H9FN2O4S. The molecule has 0 aliphatic rings. The van der Waals surface area contributed by atoms with Gasteiger partial charge in [0.15, 0.2) is 11.5 Å². The molecule has 6 nitrogen and oxygen atoms in total. The van der Waals surface area contributed by atoms with Gasteiger partial charge in [-0.15, -0.1) is 11.3 Å². The molecule has 0 saturated carbocycles. The van der Waals surface area contributed by atoms with Crippen LogP contribution in [0.4, 0.5) is 4.53 Å². The zero-order valence-corrected chi connectivity index (χ0v) is 11.8. The molecule has 8 heteroatoms. The summed E-state index contributed by atoms with van der Waals surface area (Å²) in [6.45, 7) is 1.54. The second-order valence-corrected chi connectivity index (χ2v) is 4.98. The van der Waals surface area contributed by atoms with Gasteiger partial charge in [-0.3, -0.25) is 0 Å². The molecule has 1 aromatic carbocycles. The SMILES string of the molecule is COc1cc(-c2nc(C)c(C(=O)OF)s2)cc(C#N)c1O. The van der Waals surface area contributed by atoms with E-state index in [2.05, 4.69) is 9.93 Å². The van der Waals surface area contributed by atoms with E-state index in [0.29, 0.717) is 16.3 Å². The molecule has 1 N–H and O–H groups in total. The standard InChI is InChI=1S/C13H9FN2O4S/c1-6-11(13(18)20-14)21-12(16-6)7-3-8(5-15)10(17)9(4-7)19-2/h3-4,17H,1-2H3. The Hall–Kier alpha value is -2.66. The molecule has 0 saturated heterocycles. The largest absolute Gasteiger partial charge is 0.503 e. The number of benzene rings is 1. The number of aryl methyl sites for hydroxylation is 1. The van der Waals surface area contributed by atoms with E-state index in [-0.39, 0.29) is 21.9 Å². The summed E-state index contributed by atoms with van der Waals surface area (Å²) in [4.78, 5) is 18.6. The van der Waals surface area contributed by atoms with Crippen molar-refractivity contribution in [3.8, 4) is 28.1 Å². The molecule has 0 unspecified atom stereocenters. The van der Waals surface area contributed by atoms with Crippen LogP contribution in [0.15, 0.2) is 12.1 Å². The summed E-state index contributed by atoms with van der Waals surface area (Å²) in [5, 5.41) is 19.1. The van der Waals surface area contributed by atoms with Gasteiger partial charge in [0.1, 0.15) is 16.0 Å². The third-order valence-electron chi connectivity index (χ3n) is 2.71. The summed E-state index contributed by atoms with van der Waals surface area (Å²) in [6.07, 6.45) is 0. The van der Waals surface area contributed by atoms with E-state index in [1.54, 1.807) is 0 Å². The number of carbonyl (C=O) groups is 1. The number of phenolic OH excluding ortho intramolecular Hbond substituents is 1. The third-order valence-corrected chi connectivity index (χ3v) is 3.90. The van der Waals surface area contributed by atoms with Gasteiger partial charge in [-0.2, -0.15) is 5.26 Å². The van der Waals surface area contributed by atoms with Crippen LogP contribution in [0.5, 0.6) is 11.5 Å². The number of methoxy groups -OCH3 is 1. The Morgan fingerprint density at radius 1 is 1.52 bits per heavy atom. The highest BCUT2D eigenvalue weighted by atomic mass is 32.1. The fourth-order valence-electron chi connectivity index (χ4n) is 1.72. The Bertz CT molecular complexity index is 751. The van der Waals surface area contributed by atoms with Crippen molar-refractivity contribution in [1.82, 2.24) is 4.98 Å². The van der Waals surface area contributed by atoms with E-state index in [4.69, 9.17) is 10.00 Å². The molecule has 2 rings (SSSR count). The number of hydrogen-bond acceptors (Lipinski definition) is 7. The monoisotopic (exact) mass is 308 g/mol. The lowest BCUT2D eigenvalue weighted by atomic mass is 10.1. The lowest BCUT2D eigenvalue weighted by Crippen LogP contribution is -1.97. The predicted molar refractivity (Wildman–Crippen MR) is 71.7 cm³/mol. The first-order chi connectivity index (χ1) is 10.0. The lowest BCUT2D eigenvalue weighted by molar-refractivity contribution is -0.0784. The highest BCUT2D eigenvalue weighted by Crippen LogP contribution is 2.37. The average Bonchev–Trinajstić information content (AvgIpc) is 2.88. The van der Waals surface area contributed by atoms with Crippen molar-refractivity contribution in [1.29, 1.82) is 5.26 Å². The van der Waals surface area contributed by atoms with Gasteiger partial charge in [0.2, 0.25) is 0 Å². The van der Waals surface area contributed by atoms with Crippen LogP contribution in [-0.4, -0.2) is 23.2 Å². The summed E-state index contributed by atoms with van der Waals surface area (Å²) >= 11 is 0.917. The van der Waals surface area contributed by atoms with E-state index in [1.165, 1.54) is 26.2 Å². The number of rotatable bonds is 3. The molecule has 1 heterocycles. The molecule has 1 aromatic heterocycles. The van der Waals surface area contributed by atoms with E-state index in [9.17, 15) is 14.4 Å². The number of ether oxygens (including phenoxy) is 1. The average molecular weight is 308 g/mol. The second-order valence-electron chi connectivity index (χ2n) is 3.98. The maximum atomic E-state index is 12.0. The summed E-state index contributed by atoms with van der Waals surface area (Å²) in [5.74, 6) is -1.30. The van der Waals surface area contributed by atoms with Crippen molar-refractivity contribution in [3.63, 3.8) is 0 Å². The third kappa shape index (κ3) is 2.64. The van der Waals surface area contributed by atoms with Crippen LogP contribution in [0.25, 0.3) is 10.6 Å². The number of phenols is 1. The van der Waals surface area contributed by atoms with Gasteiger partial charge in [-0.25, -0.2) is 14.7 Å². The van der Waals surface area contributed by atoms with Crippen LogP contribution < -0.4 is 4.74 Å². The lowest BCUT2D eigenvalue weighted by Gasteiger charge is -2.06. The first kappa shape index (κ1) is 14.7. The number of thiazole rings is 1. The minimum Gasteiger partial charge on any atom is -0.503 e. The minimum atomic E-state index is -1.12. The number of hydrogen-bond donors (Lipinski definition) is 1. The van der Waals surface area contributed by atoms with Gasteiger partial charge >= 0.3 is 5.97 Å². The van der Waals surface area contributed by atoms with Gasteiger partial charge in [0.25, 0.3) is 0 Å². The molecule has 0 aliphatic heterocycles. The number of nitriles is 1. The van der Waals surface area contributed by atoms with Gasteiger partial charge in [-0.1, -0.05) is 0 Å². The first-order valence-corrected chi connectivity index (χ1v) is 6.45. The number of carbonyl (C=O) groups excluding carboxylic acids is 1. The van der Waals surface area contributed by atoms with Crippen molar-refractivity contribution in [2.24, 2.45) is 0 Å².